The van der Waals surface area contributed by atoms with Gasteiger partial charge < -0.3 is 4.74 Å². The molecule has 1 atom stereocenters. The number of nitrogens with zero attached hydrogens (tertiary/aromatic N) is 4. The van der Waals surface area contributed by atoms with Crippen LogP contribution in [0.5, 0.6) is 5.75 Å². The molecule has 0 fully saturated rings. The summed E-state index contributed by atoms with van der Waals surface area (Å²) < 4.78 is 7.33. The fourth-order valence-corrected chi connectivity index (χ4v) is 4.62. The second kappa shape index (κ2) is 9.47. The lowest BCUT2D eigenvalue weighted by molar-refractivity contribution is -0.479. The van der Waals surface area contributed by atoms with Gasteiger partial charge in [0.25, 0.3) is 0 Å². The Hall–Kier alpha value is -2.29. The highest BCUT2D eigenvalue weighted by Gasteiger charge is 2.25. The largest absolute Gasteiger partial charge is 0.494 e. The maximum absolute atomic E-state index is 11.3. The molecule has 0 bridgehead atoms. The Morgan fingerprint density at radius 3 is 2.55 bits per heavy atom. The summed E-state index contributed by atoms with van der Waals surface area (Å²) in [6.07, 6.45) is 0. The third-order valence-electron chi connectivity index (χ3n) is 4.07. The number of hydrogen-bond donors (Lipinski definition) is 0. The predicted molar refractivity (Wildman–Crippen MR) is 114 cm³/mol. The van der Waals surface area contributed by atoms with Crippen molar-refractivity contribution < 1.29 is 9.66 Å². The Morgan fingerprint density at radius 1 is 1.21 bits per heavy atom. The summed E-state index contributed by atoms with van der Waals surface area (Å²) in [5, 5.41) is 20.5. The lowest BCUT2D eigenvalue weighted by atomic mass is 10.1. The summed E-state index contributed by atoms with van der Waals surface area (Å²) in [6.45, 7) is 4.01. The summed E-state index contributed by atoms with van der Waals surface area (Å²) in [7, 11) is 0. The molecule has 3 aromatic rings. The Balaban J connectivity index is 1.95. The molecular formula is C19H18Cl2N4O3S. The summed E-state index contributed by atoms with van der Waals surface area (Å²) in [5.74, 6) is 1.43. The van der Waals surface area contributed by atoms with Gasteiger partial charge in [0, 0.05) is 20.7 Å². The number of aryl methyl sites for hydroxylation is 1. The topological polar surface area (TPSA) is 83.1 Å². The zero-order valence-corrected chi connectivity index (χ0v) is 18.0. The van der Waals surface area contributed by atoms with Crippen LogP contribution in [0.2, 0.25) is 10.0 Å². The van der Waals surface area contributed by atoms with Gasteiger partial charge in [-0.2, -0.15) is 0 Å². The number of ether oxygens (including phenoxy) is 1. The molecule has 0 N–H and O–H groups in total. The molecule has 0 unspecified atom stereocenters. The number of aromatic nitrogens is 3. The van der Waals surface area contributed by atoms with Crippen molar-refractivity contribution in [3.63, 3.8) is 0 Å². The first-order valence-electron chi connectivity index (χ1n) is 8.77. The van der Waals surface area contributed by atoms with Crippen LogP contribution in [-0.2, 0) is 0 Å². The third kappa shape index (κ3) is 5.20. The standard InChI is InChI=1S/C19H18Cl2N4O3S/c1-3-28-15-7-5-14(6-8-15)25-12(2)22-23-19(25)29-18(11-24(26)27)16-9-4-13(20)10-17(16)21/h4-10,18H,3,11H2,1-2H3/t18-/m0/s1. The van der Waals surface area contributed by atoms with Crippen LogP contribution < -0.4 is 4.74 Å². The van der Waals surface area contributed by atoms with Crippen molar-refractivity contribution in [3.8, 4) is 11.4 Å². The van der Waals surface area contributed by atoms with Crippen molar-refractivity contribution in [1.29, 1.82) is 0 Å². The molecule has 7 nitrogen and oxygen atoms in total. The normalized spacial score (nSPS) is 12.0. The van der Waals surface area contributed by atoms with Crippen molar-refractivity contribution in [2.45, 2.75) is 24.3 Å². The molecule has 1 aromatic heterocycles. The molecule has 3 rings (SSSR count). The highest BCUT2D eigenvalue weighted by Crippen LogP contribution is 2.39. The lowest BCUT2D eigenvalue weighted by Gasteiger charge is -2.16. The molecule has 0 aliphatic heterocycles. The monoisotopic (exact) mass is 452 g/mol. The van der Waals surface area contributed by atoms with Gasteiger partial charge in [0.2, 0.25) is 6.54 Å². The minimum atomic E-state index is -0.556. The van der Waals surface area contributed by atoms with E-state index in [4.69, 9.17) is 27.9 Å². The Kier molecular flexibility index (Phi) is 7.00. The van der Waals surface area contributed by atoms with E-state index in [1.807, 2.05) is 42.7 Å². The number of hydrogen-bond acceptors (Lipinski definition) is 6. The Labute approximate surface area is 182 Å². The van der Waals surface area contributed by atoms with Gasteiger partial charge in [0.1, 0.15) is 16.8 Å². The van der Waals surface area contributed by atoms with Crippen LogP contribution in [0.15, 0.2) is 47.6 Å². The minimum Gasteiger partial charge on any atom is -0.494 e. The van der Waals surface area contributed by atoms with Crippen LogP contribution in [0.25, 0.3) is 5.69 Å². The van der Waals surface area contributed by atoms with Crippen molar-refractivity contribution in [2.24, 2.45) is 0 Å². The van der Waals surface area contributed by atoms with Gasteiger partial charge in [-0.1, -0.05) is 41.0 Å². The molecule has 29 heavy (non-hydrogen) atoms. The predicted octanol–water partition coefficient (Wildman–Crippen LogP) is 5.39. The van der Waals surface area contributed by atoms with Gasteiger partial charge in [0.15, 0.2) is 5.16 Å². The van der Waals surface area contributed by atoms with Gasteiger partial charge >= 0.3 is 0 Å². The molecule has 2 aromatic carbocycles. The molecule has 0 saturated heterocycles. The van der Waals surface area contributed by atoms with Crippen LogP contribution in [0, 0.1) is 17.0 Å². The highest BCUT2D eigenvalue weighted by molar-refractivity contribution is 7.99. The Bertz CT molecular complexity index is 1010. The molecule has 0 radical (unpaired) electrons. The maximum atomic E-state index is 11.3. The fourth-order valence-electron chi connectivity index (χ4n) is 2.80. The van der Waals surface area contributed by atoms with Gasteiger partial charge in [-0.3, -0.25) is 14.7 Å². The van der Waals surface area contributed by atoms with Crippen molar-refractivity contribution >= 4 is 35.0 Å². The van der Waals surface area contributed by atoms with Gasteiger partial charge in [-0.15, -0.1) is 10.2 Å². The first kappa shape index (κ1) is 21.4. The second-order valence-corrected chi connectivity index (χ2v) is 8.09. The first-order valence-corrected chi connectivity index (χ1v) is 10.4. The van der Waals surface area contributed by atoms with Crippen molar-refractivity contribution in [2.75, 3.05) is 13.2 Å². The zero-order valence-electron chi connectivity index (χ0n) is 15.7. The average Bonchev–Trinajstić information content (AvgIpc) is 3.02. The molecular weight excluding hydrogens is 435 g/mol. The minimum absolute atomic E-state index is 0.318. The number of benzene rings is 2. The lowest BCUT2D eigenvalue weighted by Crippen LogP contribution is -2.11. The highest BCUT2D eigenvalue weighted by atomic mass is 35.5. The second-order valence-electron chi connectivity index (χ2n) is 6.08. The van der Waals surface area contributed by atoms with Crippen LogP contribution in [0.4, 0.5) is 0 Å². The molecule has 0 amide bonds. The zero-order chi connectivity index (χ0) is 21.0. The molecule has 1 heterocycles. The first-order chi connectivity index (χ1) is 13.9. The summed E-state index contributed by atoms with van der Waals surface area (Å²) in [6, 6.07) is 12.4. The number of halogens is 2. The Morgan fingerprint density at radius 2 is 1.93 bits per heavy atom. The molecule has 0 aliphatic carbocycles. The smallest absolute Gasteiger partial charge is 0.220 e. The quantitative estimate of drug-likeness (QED) is 0.258. The van der Waals surface area contributed by atoms with Crippen LogP contribution in [0.1, 0.15) is 23.6 Å². The van der Waals surface area contributed by atoms with E-state index < -0.39 is 5.25 Å². The van der Waals surface area contributed by atoms with E-state index in [2.05, 4.69) is 10.2 Å². The SMILES string of the molecule is CCOc1ccc(-n2c(C)nnc2S[C@@H](C[N+](=O)[O-])c2ccc(Cl)cc2Cl)cc1. The molecule has 0 saturated carbocycles. The number of rotatable bonds is 8. The van der Waals surface area contributed by atoms with E-state index in [1.165, 1.54) is 11.8 Å². The van der Waals surface area contributed by atoms with E-state index in [1.54, 1.807) is 18.2 Å². The molecule has 0 aliphatic rings. The van der Waals surface area contributed by atoms with Crippen molar-refractivity contribution in [3.05, 3.63) is 74.0 Å². The van der Waals surface area contributed by atoms with Gasteiger partial charge in [-0.05, 0) is 55.8 Å². The van der Waals surface area contributed by atoms with Crippen molar-refractivity contribution in [1.82, 2.24) is 14.8 Å². The van der Waals surface area contributed by atoms with E-state index in [0.29, 0.717) is 33.2 Å². The van der Waals surface area contributed by atoms with E-state index in [0.717, 1.165) is 11.4 Å². The summed E-state index contributed by atoms with van der Waals surface area (Å²) in [5.41, 5.74) is 1.46. The molecule has 10 heteroatoms. The third-order valence-corrected chi connectivity index (χ3v) is 5.80. The number of thioether (sulfide) groups is 1. The average molecular weight is 453 g/mol. The number of nitro groups is 1. The molecule has 0 spiro atoms. The van der Waals surface area contributed by atoms with E-state index >= 15 is 0 Å². The fraction of sp³-hybridized carbons (Fsp3) is 0.263. The summed E-state index contributed by atoms with van der Waals surface area (Å²) in [4.78, 5) is 10.9. The van der Waals surface area contributed by atoms with Gasteiger partial charge in [0.05, 0.1) is 6.61 Å². The summed E-state index contributed by atoms with van der Waals surface area (Å²) >= 11 is 13.5. The molecule has 152 valence electrons. The van der Waals surface area contributed by atoms with Crippen LogP contribution >= 0.6 is 35.0 Å². The van der Waals surface area contributed by atoms with E-state index in [9.17, 15) is 10.1 Å². The van der Waals surface area contributed by atoms with Crippen LogP contribution in [0.3, 0.4) is 0 Å². The van der Waals surface area contributed by atoms with Crippen LogP contribution in [-0.4, -0.2) is 32.8 Å². The van der Waals surface area contributed by atoms with E-state index in [-0.39, 0.29) is 11.5 Å². The maximum Gasteiger partial charge on any atom is 0.220 e. The van der Waals surface area contributed by atoms with Gasteiger partial charge in [-0.25, -0.2) is 0 Å².